The second-order valence-corrected chi connectivity index (χ2v) is 6.75. The Morgan fingerprint density at radius 1 is 1.30 bits per heavy atom. The number of aromatic amines is 1. The molecule has 0 aliphatic rings. The van der Waals surface area contributed by atoms with Crippen molar-refractivity contribution < 1.29 is 8.42 Å². The summed E-state index contributed by atoms with van der Waals surface area (Å²) in [5, 5.41) is 9.69. The first-order chi connectivity index (χ1) is 9.38. The molecule has 0 saturated heterocycles. The van der Waals surface area contributed by atoms with Crippen molar-refractivity contribution in [3.05, 3.63) is 11.3 Å². The molecule has 0 amide bonds. The molecular weight excluding hydrogens is 278 g/mol. The van der Waals surface area contributed by atoms with Crippen molar-refractivity contribution in [2.24, 2.45) is 0 Å². The molecule has 1 heterocycles. The van der Waals surface area contributed by atoms with Gasteiger partial charge >= 0.3 is 0 Å². The minimum atomic E-state index is -3.54. The first-order valence-electron chi connectivity index (χ1n) is 6.71. The van der Waals surface area contributed by atoms with Gasteiger partial charge in [0.25, 0.3) is 10.0 Å². The number of sulfonamides is 1. The smallest absolute Gasteiger partial charge is 0.260 e. The summed E-state index contributed by atoms with van der Waals surface area (Å²) in [4.78, 5) is 2.08. The second kappa shape index (κ2) is 7.72. The molecule has 0 spiro atoms. The lowest BCUT2D eigenvalue weighted by molar-refractivity contribution is 0.394. The van der Waals surface area contributed by atoms with Crippen LogP contribution in [-0.2, 0) is 16.6 Å². The molecular formula is C12H25N5O2S. The number of H-pyrrole nitrogens is 1. The van der Waals surface area contributed by atoms with Gasteiger partial charge in [0.05, 0.1) is 0 Å². The van der Waals surface area contributed by atoms with Crippen molar-refractivity contribution in [2.75, 3.05) is 34.2 Å². The monoisotopic (exact) mass is 303 g/mol. The Morgan fingerprint density at radius 3 is 2.60 bits per heavy atom. The van der Waals surface area contributed by atoms with Crippen molar-refractivity contribution in [1.29, 1.82) is 0 Å². The number of aryl methyl sites for hydroxylation is 1. The van der Waals surface area contributed by atoms with Crippen molar-refractivity contribution in [3.8, 4) is 0 Å². The standard InChI is InChI=1S/C12H25N5O2S/c1-10-11(9-13-2)12(16-15-10)20(18,19)14-7-5-6-8-17(3)4/h13-14H,5-9H2,1-4H3,(H,15,16). The molecule has 3 N–H and O–H groups in total. The van der Waals surface area contributed by atoms with Gasteiger partial charge in [-0.05, 0) is 47.5 Å². The van der Waals surface area contributed by atoms with E-state index in [0.717, 1.165) is 25.1 Å². The molecule has 1 rings (SSSR count). The van der Waals surface area contributed by atoms with Gasteiger partial charge in [-0.15, -0.1) is 0 Å². The van der Waals surface area contributed by atoms with Crippen molar-refractivity contribution >= 4 is 10.0 Å². The van der Waals surface area contributed by atoms with E-state index in [4.69, 9.17) is 0 Å². The summed E-state index contributed by atoms with van der Waals surface area (Å²) < 4.78 is 27.0. The summed E-state index contributed by atoms with van der Waals surface area (Å²) in [5.41, 5.74) is 1.46. The Morgan fingerprint density at radius 2 is 2.00 bits per heavy atom. The van der Waals surface area contributed by atoms with E-state index in [-0.39, 0.29) is 5.03 Å². The molecule has 0 fully saturated rings. The molecule has 1 aromatic rings. The number of nitrogens with zero attached hydrogens (tertiary/aromatic N) is 2. The highest BCUT2D eigenvalue weighted by molar-refractivity contribution is 7.89. The van der Waals surface area contributed by atoms with Gasteiger partial charge in [0.2, 0.25) is 0 Å². The predicted octanol–water partition coefficient (Wildman–Crippen LogP) is 0.0576. The molecule has 1 aromatic heterocycles. The van der Waals surface area contributed by atoms with E-state index in [2.05, 4.69) is 25.1 Å². The summed E-state index contributed by atoms with van der Waals surface area (Å²) in [6.45, 7) is 3.67. The Labute approximate surface area is 121 Å². The van der Waals surface area contributed by atoms with Gasteiger partial charge in [0, 0.05) is 24.3 Å². The van der Waals surface area contributed by atoms with Crippen LogP contribution in [0.4, 0.5) is 0 Å². The minimum absolute atomic E-state index is 0.0944. The maximum atomic E-state index is 12.2. The summed E-state index contributed by atoms with van der Waals surface area (Å²) in [7, 11) is 2.24. The lowest BCUT2D eigenvalue weighted by atomic mass is 10.3. The fraction of sp³-hybridized carbons (Fsp3) is 0.750. The SMILES string of the molecule is CNCc1c(S(=O)(=O)NCCCCN(C)C)n[nH]c1C. The van der Waals surface area contributed by atoms with Crippen molar-refractivity contribution in [2.45, 2.75) is 31.3 Å². The van der Waals surface area contributed by atoms with E-state index in [1.165, 1.54) is 0 Å². The average molecular weight is 303 g/mol. The highest BCUT2D eigenvalue weighted by Gasteiger charge is 2.22. The third kappa shape index (κ3) is 4.86. The highest BCUT2D eigenvalue weighted by atomic mass is 32.2. The quantitative estimate of drug-likeness (QED) is 0.561. The Balaban J connectivity index is 2.60. The number of hydrogen-bond donors (Lipinski definition) is 3. The van der Waals surface area contributed by atoms with Crippen LogP contribution in [0.15, 0.2) is 5.03 Å². The highest BCUT2D eigenvalue weighted by Crippen LogP contribution is 2.15. The third-order valence-electron chi connectivity index (χ3n) is 2.97. The van der Waals surface area contributed by atoms with Crippen LogP contribution >= 0.6 is 0 Å². The normalized spacial score (nSPS) is 12.2. The van der Waals surface area contributed by atoms with Crippen LogP contribution in [-0.4, -0.2) is 57.7 Å². The summed E-state index contributed by atoms with van der Waals surface area (Å²) >= 11 is 0. The summed E-state index contributed by atoms with van der Waals surface area (Å²) in [6.07, 6.45) is 1.76. The molecule has 0 aromatic carbocycles. The van der Waals surface area contributed by atoms with E-state index in [9.17, 15) is 8.42 Å². The van der Waals surface area contributed by atoms with E-state index in [1.54, 1.807) is 7.05 Å². The zero-order valence-electron chi connectivity index (χ0n) is 12.7. The Kier molecular flexibility index (Phi) is 6.60. The Bertz CT molecular complexity index is 510. The molecule has 0 radical (unpaired) electrons. The zero-order chi connectivity index (χ0) is 15.2. The number of rotatable bonds is 9. The van der Waals surface area contributed by atoms with Crippen LogP contribution in [0.1, 0.15) is 24.1 Å². The molecule has 7 nitrogen and oxygen atoms in total. The van der Waals surface area contributed by atoms with Gasteiger partial charge in [0.1, 0.15) is 0 Å². The van der Waals surface area contributed by atoms with Gasteiger partial charge < -0.3 is 10.2 Å². The van der Waals surface area contributed by atoms with E-state index >= 15 is 0 Å². The molecule has 20 heavy (non-hydrogen) atoms. The van der Waals surface area contributed by atoms with Crippen molar-refractivity contribution in [3.63, 3.8) is 0 Å². The van der Waals surface area contributed by atoms with Crippen LogP contribution in [0.25, 0.3) is 0 Å². The number of aromatic nitrogens is 2. The molecule has 8 heteroatoms. The maximum Gasteiger partial charge on any atom is 0.260 e. The van der Waals surface area contributed by atoms with Crippen LogP contribution in [0.3, 0.4) is 0 Å². The van der Waals surface area contributed by atoms with E-state index < -0.39 is 10.0 Å². The van der Waals surface area contributed by atoms with Gasteiger partial charge in [-0.25, -0.2) is 13.1 Å². The van der Waals surface area contributed by atoms with Crippen LogP contribution in [0, 0.1) is 6.92 Å². The fourth-order valence-electron chi connectivity index (χ4n) is 1.87. The molecule has 0 saturated carbocycles. The van der Waals surface area contributed by atoms with Gasteiger partial charge in [-0.1, -0.05) is 0 Å². The van der Waals surface area contributed by atoms with Gasteiger partial charge in [-0.2, -0.15) is 5.10 Å². The maximum absolute atomic E-state index is 12.2. The summed E-state index contributed by atoms with van der Waals surface area (Å²) in [6, 6.07) is 0. The van der Waals surface area contributed by atoms with Gasteiger partial charge in [-0.3, -0.25) is 5.10 Å². The first-order valence-corrected chi connectivity index (χ1v) is 8.19. The number of nitrogens with one attached hydrogen (secondary N) is 3. The number of hydrogen-bond acceptors (Lipinski definition) is 5. The van der Waals surface area contributed by atoms with E-state index in [1.807, 2.05) is 21.0 Å². The molecule has 0 aliphatic heterocycles. The topological polar surface area (TPSA) is 90.1 Å². The molecule has 116 valence electrons. The van der Waals surface area contributed by atoms with Crippen LogP contribution < -0.4 is 10.0 Å². The van der Waals surface area contributed by atoms with E-state index in [0.29, 0.717) is 18.7 Å². The number of unbranched alkanes of at least 4 members (excludes halogenated alkanes) is 1. The third-order valence-corrected chi connectivity index (χ3v) is 4.40. The molecule has 0 aliphatic carbocycles. The second-order valence-electron chi connectivity index (χ2n) is 5.07. The average Bonchev–Trinajstić information content (AvgIpc) is 2.71. The van der Waals surface area contributed by atoms with Gasteiger partial charge in [0.15, 0.2) is 5.03 Å². The zero-order valence-corrected chi connectivity index (χ0v) is 13.5. The van der Waals surface area contributed by atoms with Crippen molar-refractivity contribution in [1.82, 2.24) is 25.1 Å². The first kappa shape index (κ1) is 17.1. The lowest BCUT2D eigenvalue weighted by Gasteiger charge is -2.09. The molecule has 0 atom stereocenters. The predicted molar refractivity (Wildman–Crippen MR) is 79.1 cm³/mol. The van der Waals surface area contributed by atoms with Crippen LogP contribution in [0.2, 0.25) is 0 Å². The largest absolute Gasteiger partial charge is 0.316 e. The fourth-order valence-corrected chi connectivity index (χ4v) is 3.13. The lowest BCUT2D eigenvalue weighted by Crippen LogP contribution is -2.27. The molecule has 0 bridgehead atoms. The minimum Gasteiger partial charge on any atom is -0.316 e. The Hall–Kier alpha value is -0.960. The van der Waals surface area contributed by atoms with Crippen LogP contribution in [0.5, 0.6) is 0 Å². The summed E-state index contributed by atoms with van der Waals surface area (Å²) in [5.74, 6) is 0. The molecule has 0 unspecified atom stereocenters.